The van der Waals surface area contributed by atoms with E-state index in [0.29, 0.717) is 17.1 Å². The Labute approximate surface area is 149 Å². The molecule has 1 aliphatic rings. The van der Waals surface area contributed by atoms with Gasteiger partial charge in [0.05, 0.1) is 6.42 Å². The highest BCUT2D eigenvalue weighted by molar-refractivity contribution is 5.83. The Bertz CT molecular complexity index is 823. The molecule has 0 aliphatic carbocycles. The topological polar surface area (TPSA) is 73.9 Å². The Kier molecular flexibility index (Phi) is 5.36. The molecule has 136 valence electrons. The molecule has 0 aromatic heterocycles. The number of carbonyl (C=O) groups is 2. The predicted octanol–water partition coefficient (Wildman–Crippen LogP) is 2.34. The molecule has 2 aromatic rings. The molecule has 1 N–H and O–H groups in total. The van der Waals surface area contributed by atoms with Crippen LogP contribution in [0.1, 0.15) is 18.1 Å². The first kappa shape index (κ1) is 17.7. The van der Waals surface area contributed by atoms with E-state index in [0.717, 1.165) is 5.56 Å². The third-order valence-corrected chi connectivity index (χ3v) is 3.82. The number of amides is 1. The van der Waals surface area contributed by atoms with E-state index in [9.17, 15) is 14.0 Å². The highest BCUT2D eigenvalue weighted by Gasteiger charge is 2.19. The van der Waals surface area contributed by atoms with Crippen LogP contribution < -0.4 is 14.8 Å². The van der Waals surface area contributed by atoms with Crippen molar-refractivity contribution in [2.45, 2.75) is 26.0 Å². The van der Waals surface area contributed by atoms with E-state index in [1.807, 2.05) is 6.07 Å². The van der Waals surface area contributed by atoms with E-state index < -0.39 is 23.8 Å². The molecule has 0 saturated heterocycles. The average Bonchev–Trinajstić information content (AvgIpc) is 3.07. The van der Waals surface area contributed by atoms with Gasteiger partial charge in [0.15, 0.2) is 17.6 Å². The summed E-state index contributed by atoms with van der Waals surface area (Å²) >= 11 is 0. The van der Waals surface area contributed by atoms with E-state index in [4.69, 9.17) is 14.2 Å². The fraction of sp³-hybridized carbons (Fsp3) is 0.263. The number of rotatable bonds is 6. The van der Waals surface area contributed by atoms with Gasteiger partial charge in [-0.05, 0) is 42.3 Å². The summed E-state index contributed by atoms with van der Waals surface area (Å²) in [5.74, 6) is -0.146. The van der Waals surface area contributed by atoms with Crippen molar-refractivity contribution in [1.29, 1.82) is 0 Å². The maximum Gasteiger partial charge on any atom is 0.311 e. The SMILES string of the molecule is C[C@H](OC(=O)Cc1cccc(F)c1)C(=O)NCc1ccc2c(c1)OCO2. The van der Waals surface area contributed by atoms with Crippen LogP contribution in [0.3, 0.4) is 0 Å². The van der Waals surface area contributed by atoms with Gasteiger partial charge in [0.2, 0.25) is 6.79 Å². The Morgan fingerprint density at radius 1 is 1.15 bits per heavy atom. The largest absolute Gasteiger partial charge is 0.454 e. The summed E-state index contributed by atoms with van der Waals surface area (Å²) in [7, 11) is 0. The number of hydrogen-bond donors (Lipinski definition) is 1. The van der Waals surface area contributed by atoms with Gasteiger partial charge in [-0.25, -0.2) is 4.39 Å². The van der Waals surface area contributed by atoms with Gasteiger partial charge in [0.25, 0.3) is 5.91 Å². The first-order valence-corrected chi connectivity index (χ1v) is 8.11. The number of carbonyl (C=O) groups excluding carboxylic acids is 2. The van der Waals surface area contributed by atoms with Gasteiger partial charge < -0.3 is 19.5 Å². The zero-order chi connectivity index (χ0) is 18.5. The van der Waals surface area contributed by atoms with Crippen molar-refractivity contribution in [3.05, 3.63) is 59.4 Å². The molecule has 6 nitrogen and oxygen atoms in total. The zero-order valence-electron chi connectivity index (χ0n) is 14.2. The lowest BCUT2D eigenvalue weighted by Crippen LogP contribution is -2.35. The highest BCUT2D eigenvalue weighted by atomic mass is 19.1. The molecular formula is C19H18FNO5. The molecule has 7 heteroatoms. The molecular weight excluding hydrogens is 341 g/mol. The number of benzene rings is 2. The molecule has 1 heterocycles. The van der Waals surface area contributed by atoms with Gasteiger partial charge in [-0.15, -0.1) is 0 Å². The number of esters is 1. The Morgan fingerprint density at radius 3 is 2.77 bits per heavy atom. The molecule has 0 bridgehead atoms. The summed E-state index contributed by atoms with van der Waals surface area (Å²) in [5.41, 5.74) is 1.32. The third-order valence-electron chi connectivity index (χ3n) is 3.82. The minimum absolute atomic E-state index is 0.0997. The van der Waals surface area contributed by atoms with Gasteiger partial charge >= 0.3 is 5.97 Å². The van der Waals surface area contributed by atoms with E-state index >= 15 is 0 Å². The number of nitrogens with one attached hydrogen (secondary N) is 1. The van der Waals surface area contributed by atoms with Gasteiger partial charge in [0, 0.05) is 6.54 Å². The van der Waals surface area contributed by atoms with Crippen LogP contribution in [0.2, 0.25) is 0 Å². The maximum absolute atomic E-state index is 13.1. The first-order chi connectivity index (χ1) is 12.5. The number of hydrogen-bond acceptors (Lipinski definition) is 5. The van der Waals surface area contributed by atoms with Crippen LogP contribution in [-0.2, 0) is 27.3 Å². The molecule has 26 heavy (non-hydrogen) atoms. The number of halogens is 1. The fourth-order valence-corrected chi connectivity index (χ4v) is 2.49. The van der Waals surface area contributed by atoms with E-state index in [2.05, 4.69) is 5.32 Å². The molecule has 3 rings (SSSR count). The van der Waals surface area contributed by atoms with Crippen LogP contribution in [0.15, 0.2) is 42.5 Å². The van der Waals surface area contributed by atoms with Crippen molar-refractivity contribution >= 4 is 11.9 Å². The van der Waals surface area contributed by atoms with Gasteiger partial charge in [0.1, 0.15) is 5.82 Å². The monoisotopic (exact) mass is 359 g/mol. The average molecular weight is 359 g/mol. The van der Waals surface area contributed by atoms with Gasteiger partial charge in [-0.3, -0.25) is 9.59 Å². The summed E-state index contributed by atoms with van der Waals surface area (Å²) in [6.07, 6.45) is -1.05. The van der Waals surface area contributed by atoms with Crippen LogP contribution in [-0.4, -0.2) is 24.8 Å². The molecule has 1 aliphatic heterocycles. The van der Waals surface area contributed by atoms with Crippen LogP contribution in [0.25, 0.3) is 0 Å². The summed E-state index contributed by atoms with van der Waals surface area (Å²) in [5, 5.41) is 2.70. The molecule has 0 radical (unpaired) electrons. The zero-order valence-corrected chi connectivity index (χ0v) is 14.2. The van der Waals surface area contributed by atoms with Gasteiger partial charge in [-0.1, -0.05) is 18.2 Å². The third kappa shape index (κ3) is 4.50. The van der Waals surface area contributed by atoms with Crippen LogP contribution in [0.5, 0.6) is 11.5 Å². The Balaban J connectivity index is 1.47. The fourth-order valence-electron chi connectivity index (χ4n) is 2.49. The van der Waals surface area contributed by atoms with Crippen molar-refractivity contribution in [2.24, 2.45) is 0 Å². The van der Waals surface area contributed by atoms with Crippen LogP contribution >= 0.6 is 0 Å². The number of fused-ring (bicyclic) bond motifs is 1. The molecule has 0 spiro atoms. The van der Waals surface area contributed by atoms with Crippen molar-refractivity contribution in [2.75, 3.05) is 6.79 Å². The molecule has 2 aromatic carbocycles. The van der Waals surface area contributed by atoms with E-state index in [1.165, 1.54) is 25.1 Å². The second-order valence-corrected chi connectivity index (χ2v) is 5.84. The lowest BCUT2D eigenvalue weighted by Gasteiger charge is -2.14. The van der Waals surface area contributed by atoms with E-state index in [1.54, 1.807) is 18.2 Å². The first-order valence-electron chi connectivity index (χ1n) is 8.11. The Hall–Kier alpha value is -3.09. The maximum atomic E-state index is 13.1. The molecule has 0 unspecified atom stereocenters. The quantitative estimate of drug-likeness (QED) is 0.802. The summed E-state index contributed by atoms with van der Waals surface area (Å²) in [6.45, 7) is 1.93. The van der Waals surface area contributed by atoms with Crippen molar-refractivity contribution in [3.8, 4) is 11.5 Å². The summed E-state index contributed by atoms with van der Waals surface area (Å²) in [4.78, 5) is 24.0. The van der Waals surface area contributed by atoms with Crippen molar-refractivity contribution in [3.63, 3.8) is 0 Å². The van der Waals surface area contributed by atoms with Gasteiger partial charge in [-0.2, -0.15) is 0 Å². The lowest BCUT2D eigenvalue weighted by molar-refractivity contribution is -0.154. The number of ether oxygens (including phenoxy) is 3. The minimum atomic E-state index is -0.954. The van der Waals surface area contributed by atoms with Crippen molar-refractivity contribution < 1.29 is 28.2 Å². The van der Waals surface area contributed by atoms with E-state index in [-0.39, 0.29) is 19.8 Å². The standard InChI is InChI=1S/C19H18FNO5/c1-12(26-18(22)9-13-3-2-4-15(20)7-13)19(23)21-10-14-5-6-16-17(8-14)25-11-24-16/h2-8,12H,9-11H2,1H3,(H,21,23)/t12-/m0/s1. The lowest BCUT2D eigenvalue weighted by atomic mass is 10.1. The normalized spacial score (nSPS) is 13.2. The summed E-state index contributed by atoms with van der Waals surface area (Å²) < 4.78 is 28.7. The molecule has 0 saturated carbocycles. The van der Waals surface area contributed by atoms with Crippen LogP contribution in [0, 0.1) is 5.82 Å². The molecule has 0 fully saturated rings. The Morgan fingerprint density at radius 2 is 1.96 bits per heavy atom. The predicted molar refractivity (Wildman–Crippen MR) is 90.1 cm³/mol. The van der Waals surface area contributed by atoms with Crippen molar-refractivity contribution in [1.82, 2.24) is 5.32 Å². The second kappa shape index (κ2) is 7.86. The smallest absolute Gasteiger partial charge is 0.311 e. The minimum Gasteiger partial charge on any atom is -0.454 e. The molecule has 1 atom stereocenters. The van der Waals surface area contributed by atoms with Crippen LogP contribution in [0.4, 0.5) is 4.39 Å². The summed E-state index contributed by atoms with van der Waals surface area (Å²) in [6, 6.07) is 11.0. The molecule has 1 amide bonds. The highest BCUT2D eigenvalue weighted by Crippen LogP contribution is 2.32. The second-order valence-electron chi connectivity index (χ2n) is 5.84.